The summed E-state index contributed by atoms with van der Waals surface area (Å²) in [5.41, 5.74) is 0. The highest BCUT2D eigenvalue weighted by atomic mass is 16.1. The van der Waals surface area contributed by atoms with Gasteiger partial charge in [0.1, 0.15) is 6.29 Å². The van der Waals surface area contributed by atoms with Crippen LogP contribution >= 0.6 is 0 Å². The first-order chi connectivity index (χ1) is 4.27. The SMILES string of the molecule is CC(C)C=NCCC=O. The second-order valence-electron chi connectivity index (χ2n) is 2.25. The van der Waals surface area contributed by atoms with E-state index in [-0.39, 0.29) is 0 Å². The van der Waals surface area contributed by atoms with Gasteiger partial charge in [-0.15, -0.1) is 0 Å². The zero-order valence-corrected chi connectivity index (χ0v) is 6.00. The largest absolute Gasteiger partial charge is 0.303 e. The number of hydrogen-bond acceptors (Lipinski definition) is 2. The maximum atomic E-state index is 9.78. The van der Waals surface area contributed by atoms with Crippen molar-refractivity contribution in [1.82, 2.24) is 0 Å². The Balaban J connectivity index is 3.14. The lowest BCUT2D eigenvalue weighted by Crippen LogP contribution is -1.89. The molecule has 9 heavy (non-hydrogen) atoms. The van der Waals surface area contributed by atoms with Crippen LogP contribution in [0.15, 0.2) is 4.99 Å². The standard InChI is InChI=1S/C7H13NO/c1-7(2)6-8-4-3-5-9/h5-7H,3-4H2,1-2H3. The van der Waals surface area contributed by atoms with E-state index in [1.165, 1.54) is 0 Å². The van der Waals surface area contributed by atoms with Gasteiger partial charge in [0.15, 0.2) is 0 Å². The summed E-state index contributed by atoms with van der Waals surface area (Å²) in [4.78, 5) is 13.8. The van der Waals surface area contributed by atoms with Gasteiger partial charge in [-0.1, -0.05) is 13.8 Å². The summed E-state index contributed by atoms with van der Waals surface area (Å²) < 4.78 is 0. The molecule has 2 nitrogen and oxygen atoms in total. The molecule has 0 aliphatic heterocycles. The van der Waals surface area contributed by atoms with Crippen molar-refractivity contribution >= 4 is 12.5 Å². The second kappa shape index (κ2) is 5.48. The Hall–Kier alpha value is -0.660. The summed E-state index contributed by atoms with van der Waals surface area (Å²) >= 11 is 0. The van der Waals surface area contributed by atoms with Gasteiger partial charge in [-0.25, -0.2) is 0 Å². The van der Waals surface area contributed by atoms with Crippen LogP contribution < -0.4 is 0 Å². The van der Waals surface area contributed by atoms with Gasteiger partial charge in [-0.05, 0) is 5.92 Å². The zero-order chi connectivity index (χ0) is 7.11. The number of aliphatic imine (C=N–C) groups is 1. The summed E-state index contributed by atoms with van der Waals surface area (Å²) in [6, 6.07) is 0. The van der Waals surface area contributed by atoms with E-state index in [1.807, 2.05) is 6.21 Å². The van der Waals surface area contributed by atoms with Crippen LogP contribution in [0.1, 0.15) is 20.3 Å². The van der Waals surface area contributed by atoms with Gasteiger partial charge in [0.2, 0.25) is 0 Å². The number of nitrogens with zero attached hydrogens (tertiary/aromatic N) is 1. The van der Waals surface area contributed by atoms with Crippen LogP contribution in [-0.2, 0) is 4.79 Å². The Labute approximate surface area is 56.0 Å². The predicted molar refractivity (Wildman–Crippen MR) is 38.9 cm³/mol. The molecule has 0 amide bonds. The van der Waals surface area contributed by atoms with Crippen molar-refractivity contribution in [2.45, 2.75) is 20.3 Å². The Morgan fingerprint density at radius 1 is 1.56 bits per heavy atom. The van der Waals surface area contributed by atoms with Crippen LogP contribution in [0, 0.1) is 5.92 Å². The first-order valence-corrected chi connectivity index (χ1v) is 3.21. The van der Waals surface area contributed by atoms with E-state index in [1.54, 1.807) is 0 Å². The monoisotopic (exact) mass is 127 g/mol. The summed E-state index contributed by atoms with van der Waals surface area (Å²) in [6.07, 6.45) is 3.30. The van der Waals surface area contributed by atoms with Gasteiger partial charge in [0, 0.05) is 19.2 Å². The molecule has 0 aliphatic rings. The number of rotatable bonds is 4. The fourth-order valence-electron chi connectivity index (χ4n) is 0.413. The number of carbonyl (C=O) groups excluding carboxylic acids is 1. The van der Waals surface area contributed by atoms with Crippen LogP contribution in [0.5, 0.6) is 0 Å². The summed E-state index contributed by atoms with van der Waals surface area (Å²) in [5.74, 6) is 0.497. The molecule has 0 N–H and O–H groups in total. The van der Waals surface area contributed by atoms with Gasteiger partial charge in [-0.3, -0.25) is 4.99 Å². The third-order valence-corrected chi connectivity index (χ3v) is 0.780. The molecule has 0 saturated carbocycles. The first-order valence-electron chi connectivity index (χ1n) is 3.21. The molecule has 0 aromatic rings. The number of hydrogen-bond donors (Lipinski definition) is 0. The molecule has 0 radical (unpaired) electrons. The molecule has 0 unspecified atom stereocenters. The van der Waals surface area contributed by atoms with Crippen molar-refractivity contribution in [2.24, 2.45) is 10.9 Å². The van der Waals surface area contributed by atoms with Crippen molar-refractivity contribution in [2.75, 3.05) is 6.54 Å². The molecule has 0 rings (SSSR count). The van der Waals surface area contributed by atoms with Crippen LogP contribution in [0.4, 0.5) is 0 Å². The molecule has 0 bridgehead atoms. The fourth-order valence-corrected chi connectivity index (χ4v) is 0.413. The van der Waals surface area contributed by atoms with Crippen molar-refractivity contribution in [3.05, 3.63) is 0 Å². The Bertz CT molecular complexity index is 97.1. The number of aldehydes is 1. The van der Waals surface area contributed by atoms with Crippen molar-refractivity contribution in [3.8, 4) is 0 Å². The maximum absolute atomic E-state index is 9.78. The van der Waals surface area contributed by atoms with Crippen molar-refractivity contribution < 1.29 is 4.79 Å². The Morgan fingerprint density at radius 2 is 2.22 bits per heavy atom. The molecule has 0 fully saturated rings. The molecule has 0 heterocycles. The molecule has 2 heteroatoms. The highest BCUT2D eigenvalue weighted by Crippen LogP contribution is 1.85. The van der Waals surface area contributed by atoms with Crippen LogP contribution in [-0.4, -0.2) is 19.0 Å². The Kier molecular flexibility index (Phi) is 5.07. The second-order valence-corrected chi connectivity index (χ2v) is 2.25. The predicted octanol–water partition coefficient (Wildman–Crippen LogP) is 1.30. The molecule has 0 aromatic carbocycles. The van der Waals surface area contributed by atoms with Crippen LogP contribution in [0.25, 0.3) is 0 Å². The van der Waals surface area contributed by atoms with E-state index in [4.69, 9.17) is 0 Å². The first kappa shape index (κ1) is 8.34. The molecule has 0 atom stereocenters. The van der Waals surface area contributed by atoms with Gasteiger partial charge in [-0.2, -0.15) is 0 Å². The lowest BCUT2D eigenvalue weighted by molar-refractivity contribution is -0.107. The summed E-state index contributed by atoms with van der Waals surface area (Å²) in [5, 5.41) is 0. The minimum absolute atomic E-state index is 0.497. The van der Waals surface area contributed by atoms with Gasteiger partial charge < -0.3 is 4.79 Å². The normalized spacial score (nSPS) is 11.0. The smallest absolute Gasteiger partial charge is 0.121 e. The van der Waals surface area contributed by atoms with Gasteiger partial charge in [0.05, 0.1) is 0 Å². The fraction of sp³-hybridized carbons (Fsp3) is 0.714. The lowest BCUT2D eigenvalue weighted by Gasteiger charge is -1.90. The van der Waals surface area contributed by atoms with Crippen molar-refractivity contribution in [3.63, 3.8) is 0 Å². The summed E-state index contributed by atoms with van der Waals surface area (Å²) in [6.45, 7) is 4.76. The van der Waals surface area contributed by atoms with E-state index >= 15 is 0 Å². The van der Waals surface area contributed by atoms with Gasteiger partial charge in [0.25, 0.3) is 0 Å². The van der Waals surface area contributed by atoms with Crippen LogP contribution in [0.3, 0.4) is 0 Å². The van der Waals surface area contributed by atoms with E-state index in [0.29, 0.717) is 18.9 Å². The van der Waals surface area contributed by atoms with E-state index in [0.717, 1.165) is 6.29 Å². The van der Waals surface area contributed by atoms with Gasteiger partial charge >= 0.3 is 0 Å². The molecule has 0 spiro atoms. The van der Waals surface area contributed by atoms with Crippen molar-refractivity contribution in [1.29, 1.82) is 0 Å². The molecule has 0 saturated heterocycles. The van der Waals surface area contributed by atoms with E-state index < -0.39 is 0 Å². The quantitative estimate of drug-likeness (QED) is 0.318. The molecule has 0 aromatic heterocycles. The molecular weight excluding hydrogens is 114 g/mol. The molecule has 0 aliphatic carbocycles. The average molecular weight is 127 g/mol. The minimum atomic E-state index is 0.497. The lowest BCUT2D eigenvalue weighted by atomic mass is 10.2. The maximum Gasteiger partial charge on any atom is 0.121 e. The van der Waals surface area contributed by atoms with E-state index in [2.05, 4.69) is 18.8 Å². The number of carbonyl (C=O) groups is 1. The average Bonchev–Trinajstić information content (AvgIpc) is 1.80. The topological polar surface area (TPSA) is 29.4 Å². The highest BCUT2D eigenvalue weighted by molar-refractivity contribution is 5.60. The minimum Gasteiger partial charge on any atom is -0.303 e. The summed E-state index contributed by atoms with van der Waals surface area (Å²) in [7, 11) is 0. The molecular formula is C7H13NO. The zero-order valence-electron chi connectivity index (χ0n) is 6.00. The third-order valence-electron chi connectivity index (χ3n) is 0.780. The molecule has 52 valence electrons. The van der Waals surface area contributed by atoms with E-state index in [9.17, 15) is 4.79 Å². The third kappa shape index (κ3) is 7.34. The Morgan fingerprint density at radius 3 is 2.67 bits per heavy atom. The van der Waals surface area contributed by atoms with Crippen LogP contribution in [0.2, 0.25) is 0 Å². The highest BCUT2D eigenvalue weighted by Gasteiger charge is 1.82.